The summed E-state index contributed by atoms with van der Waals surface area (Å²) in [5.41, 5.74) is -0.655. The molecule has 0 aliphatic heterocycles. The minimum Gasteiger partial charge on any atom is -0.344 e. The lowest BCUT2D eigenvalue weighted by molar-refractivity contribution is -0.417. The molecular weight excluding hydrogens is 547 g/mol. The number of hydrogen-bond acceptors (Lipinski definition) is 8. The summed E-state index contributed by atoms with van der Waals surface area (Å²) in [7, 11) is -4.52. The number of allylic oxidation sites excluding steroid dienone is 4. The Morgan fingerprint density at radius 2 is 1.19 bits per heavy atom. The third kappa shape index (κ3) is 3.59. The van der Waals surface area contributed by atoms with Crippen molar-refractivity contribution in [2.24, 2.45) is 0 Å². The van der Waals surface area contributed by atoms with Gasteiger partial charge in [0.05, 0.1) is 31.7 Å². The van der Waals surface area contributed by atoms with E-state index in [4.69, 9.17) is 23.2 Å². The van der Waals surface area contributed by atoms with Crippen LogP contribution < -0.4 is 0 Å². The predicted octanol–water partition coefficient (Wildman–Crippen LogP) is 3.88. The van der Waals surface area contributed by atoms with Gasteiger partial charge in [-0.15, -0.1) is 23.2 Å². The molecule has 0 unspecified atom stereocenters. The molecule has 15 heteroatoms. The first-order valence-electron chi connectivity index (χ1n) is 10.9. The van der Waals surface area contributed by atoms with Crippen LogP contribution in [0.5, 0.6) is 0 Å². The Kier molecular flexibility index (Phi) is 6.46. The molecule has 0 bridgehead atoms. The molecule has 2 aliphatic carbocycles. The monoisotopic (exact) mass is 568 g/mol. The molecule has 0 spiro atoms. The molecule has 37 heavy (non-hydrogen) atoms. The fourth-order valence-corrected chi connectivity index (χ4v) is 8.79. The van der Waals surface area contributed by atoms with Gasteiger partial charge in [0.15, 0.2) is 9.84 Å². The molecule has 2 aromatic rings. The van der Waals surface area contributed by atoms with Crippen molar-refractivity contribution in [3.05, 3.63) is 91.4 Å². The van der Waals surface area contributed by atoms with E-state index >= 15 is 0 Å². The summed E-state index contributed by atoms with van der Waals surface area (Å²) in [4.78, 5) is 36.3. The van der Waals surface area contributed by atoms with Crippen LogP contribution in [0, 0.1) is 20.2 Å². The van der Waals surface area contributed by atoms with Gasteiger partial charge in [-0.2, -0.15) is 0 Å². The summed E-state index contributed by atoms with van der Waals surface area (Å²) in [6, 6.07) is 0. The van der Waals surface area contributed by atoms with E-state index in [1.165, 1.54) is 52.5 Å². The molecule has 0 amide bonds. The highest BCUT2D eigenvalue weighted by Crippen LogP contribution is 2.53. The Labute approximate surface area is 221 Å². The highest BCUT2D eigenvalue weighted by Gasteiger charge is 2.63. The molecule has 0 saturated heterocycles. The molecule has 0 fully saturated rings. The van der Waals surface area contributed by atoms with Crippen molar-refractivity contribution >= 4 is 44.2 Å². The SMILES string of the molecule is CC1=C(c2ncc[nH]2)C([N+](=O)[O-])=C[C@@H](Cl)[C@@]1(C)S(=O)(=O)[C@]1(C)C(C)=C(c2ncc[nH]2)C([N+](=O)[O-])=C[C@@H]1Cl. The molecular formula is C22H22Cl2N6O6S. The first-order valence-corrected chi connectivity index (χ1v) is 13.2. The van der Waals surface area contributed by atoms with Gasteiger partial charge in [0, 0.05) is 36.9 Å². The second kappa shape index (κ2) is 8.92. The highest BCUT2D eigenvalue weighted by molar-refractivity contribution is 7.94. The van der Waals surface area contributed by atoms with Gasteiger partial charge in [0.25, 0.3) is 11.4 Å². The highest BCUT2D eigenvalue weighted by atomic mass is 35.5. The number of nitrogens with zero attached hydrogens (tertiary/aromatic N) is 4. The maximum Gasteiger partial charge on any atom is 0.277 e. The average molecular weight is 569 g/mol. The summed E-state index contributed by atoms with van der Waals surface area (Å²) in [6.45, 7) is 5.63. The second-order valence-electron chi connectivity index (χ2n) is 9.01. The van der Waals surface area contributed by atoms with E-state index in [1.54, 1.807) is 0 Å². The van der Waals surface area contributed by atoms with Crippen LogP contribution in [0.2, 0.25) is 0 Å². The van der Waals surface area contributed by atoms with Crippen LogP contribution in [0.1, 0.15) is 39.3 Å². The quantitative estimate of drug-likeness (QED) is 0.299. The lowest BCUT2D eigenvalue weighted by atomic mass is 9.85. The Morgan fingerprint density at radius 3 is 1.46 bits per heavy atom. The van der Waals surface area contributed by atoms with Crippen LogP contribution in [-0.2, 0) is 9.84 Å². The fraction of sp³-hybridized carbons (Fsp3) is 0.364. The topological polar surface area (TPSA) is 178 Å². The van der Waals surface area contributed by atoms with Crippen LogP contribution in [0.25, 0.3) is 11.1 Å². The van der Waals surface area contributed by atoms with Crippen LogP contribution in [-0.4, -0.2) is 58.4 Å². The average Bonchev–Trinajstić information content (AvgIpc) is 3.54. The third-order valence-corrected chi connectivity index (χ3v) is 12.1. The van der Waals surface area contributed by atoms with E-state index < -0.39 is 51.3 Å². The van der Waals surface area contributed by atoms with E-state index in [0.717, 1.165) is 12.2 Å². The normalized spacial score (nSPS) is 28.7. The molecule has 0 saturated carbocycles. The summed E-state index contributed by atoms with van der Waals surface area (Å²) in [5.74, 6) is 0.196. The molecule has 0 radical (unpaired) electrons. The summed E-state index contributed by atoms with van der Waals surface area (Å²) in [6.07, 6.45) is 7.82. The van der Waals surface area contributed by atoms with E-state index in [1.807, 2.05) is 0 Å². The number of H-pyrrole nitrogens is 2. The van der Waals surface area contributed by atoms with Crippen molar-refractivity contribution < 1.29 is 18.3 Å². The third-order valence-electron chi connectivity index (χ3n) is 7.39. The van der Waals surface area contributed by atoms with Crippen molar-refractivity contribution in [2.75, 3.05) is 0 Å². The second-order valence-corrected chi connectivity index (χ2v) is 12.7. The molecule has 4 atom stereocenters. The zero-order valence-corrected chi connectivity index (χ0v) is 22.3. The Balaban J connectivity index is 2.03. The number of aromatic amines is 2. The summed E-state index contributed by atoms with van der Waals surface area (Å²) in [5, 5.41) is 21.0. The number of imidazole rings is 2. The first-order chi connectivity index (χ1) is 17.2. The minimum absolute atomic E-state index is 0.0158. The molecule has 12 nitrogen and oxygen atoms in total. The predicted molar refractivity (Wildman–Crippen MR) is 138 cm³/mol. The first kappa shape index (κ1) is 26.8. The lowest BCUT2D eigenvalue weighted by Crippen LogP contribution is -2.59. The molecule has 4 rings (SSSR count). The van der Waals surface area contributed by atoms with Crippen LogP contribution in [0.3, 0.4) is 0 Å². The molecule has 0 aromatic carbocycles. The lowest BCUT2D eigenvalue weighted by Gasteiger charge is -2.46. The maximum absolute atomic E-state index is 14.7. The summed E-state index contributed by atoms with van der Waals surface area (Å²) < 4.78 is 25.6. The van der Waals surface area contributed by atoms with Crippen molar-refractivity contribution in [3.8, 4) is 0 Å². The van der Waals surface area contributed by atoms with Crippen molar-refractivity contribution in [1.29, 1.82) is 0 Å². The van der Waals surface area contributed by atoms with Crippen molar-refractivity contribution in [3.63, 3.8) is 0 Å². The molecule has 2 aliphatic rings. The van der Waals surface area contributed by atoms with Gasteiger partial charge in [-0.25, -0.2) is 18.4 Å². The number of nitrogens with one attached hydrogen (secondary N) is 2. The van der Waals surface area contributed by atoms with E-state index in [2.05, 4.69) is 19.9 Å². The van der Waals surface area contributed by atoms with E-state index in [-0.39, 0.29) is 33.9 Å². The maximum atomic E-state index is 14.7. The fourth-order valence-electron chi connectivity index (χ4n) is 4.90. The van der Waals surface area contributed by atoms with E-state index in [0.29, 0.717) is 0 Å². The van der Waals surface area contributed by atoms with Gasteiger partial charge in [-0.3, -0.25) is 20.2 Å². The Bertz CT molecular complexity index is 1420. The van der Waals surface area contributed by atoms with Gasteiger partial charge in [0.1, 0.15) is 21.1 Å². The number of hydrogen-bond donors (Lipinski definition) is 2. The smallest absolute Gasteiger partial charge is 0.277 e. The number of rotatable bonds is 6. The Hall–Kier alpha value is -3.29. The van der Waals surface area contributed by atoms with Gasteiger partial charge < -0.3 is 9.97 Å². The Morgan fingerprint density at radius 1 is 0.838 bits per heavy atom. The standard InChI is InChI=1S/C22H22Cl2N6O6S/c1-11-17(19-25-5-6-26-19)13(29(31)32)9-15(23)21(11,3)37(35,36)22(4)12(2)18(20-27-7-8-28-20)14(30(33)34)10-16(22)24/h5-10,15-16H,1-4H3,(H,25,26)(H,27,28)/t15-,16+,21+,22-. The molecule has 2 N–H and O–H groups in total. The van der Waals surface area contributed by atoms with Crippen molar-refractivity contribution in [1.82, 2.24) is 19.9 Å². The number of aromatic nitrogens is 4. The largest absolute Gasteiger partial charge is 0.344 e. The number of nitro groups is 2. The van der Waals surface area contributed by atoms with Gasteiger partial charge >= 0.3 is 0 Å². The van der Waals surface area contributed by atoms with Crippen LogP contribution in [0.4, 0.5) is 0 Å². The minimum atomic E-state index is -4.52. The zero-order valence-electron chi connectivity index (χ0n) is 20.0. The molecule has 2 heterocycles. The van der Waals surface area contributed by atoms with Crippen LogP contribution in [0.15, 0.2) is 59.5 Å². The number of halogens is 2. The summed E-state index contributed by atoms with van der Waals surface area (Å²) >= 11 is 13.3. The van der Waals surface area contributed by atoms with Gasteiger partial charge in [0.2, 0.25) is 0 Å². The van der Waals surface area contributed by atoms with E-state index in [9.17, 15) is 28.6 Å². The van der Waals surface area contributed by atoms with Gasteiger partial charge in [-0.05, 0) is 38.8 Å². The van der Waals surface area contributed by atoms with Crippen molar-refractivity contribution in [2.45, 2.75) is 47.9 Å². The number of alkyl halides is 2. The molecule has 2 aromatic heterocycles. The zero-order chi connectivity index (χ0) is 27.5. The number of sulfone groups is 1. The van der Waals surface area contributed by atoms with Crippen LogP contribution >= 0.6 is 23.2 Å². The van der Waals surface area contributed by atoms with Gasteiger partial charge in [-0.1, -0.05) is 0 Å². The molecule has 196 valence electrons.